The maximum Gasteiger partial charge on any atom is 0.270 e. The number of nitrogens with one attached hydrogen (secondary N) is 1. The van der Waals surface area contributed by atoms with Crippen molar-refractivity contribution in [3.8, 4) is 17.2 Å². The zero-order valence-corrected chi connectivity index (χ0v) is 11.2. The standard InChI is InChI=1S/C16H13N3O2/c1-11(20)10-19-16(21)15-8-14(6-7-18-15)13-4-2-12(9-17)3-5-13/h2-8,20H,1,10H2,(H,19,21). The molecule has 1 amide bonds. The lowest BCUT2D eigenvalue weighted by molar-refractivity contribution is 0.0947. The number of amides is 1. The van der Waals surface area contributed by atoms with Crippen molar-refractivity contribution in [1.82, 2.24) is 10.3 Å². The quantitative estimate of drug-likeness (QED) is 0.841. The molecule has 2 aromatic rings. The maximum atomic E-state index is 11.9. The summed E-state index contributed by atoms with van der Waals surface area (Å²) in [5.74, 6) is -0.507. The number of aliphatic hydroxyl groups is 1. The highest BCUT2D eigenvalue weighted by atomic mass is 16.3. The van der Waals surface area contributed by atoms with Gasteiger partial charge in [0.2, 0.25) is 0 Å². The first-order chi connectivity index (χ1) is 10.1. The molecule has 0 aliphatic rings. The van der Waals surface area contributed by atoms with Crippen LogP contribution in [-0.4, -0.2) is 22.5 Å². The second kappa shape index (κ2) is 6.35. The van der Waals surface area contributed by atoms with Crippen molar-refractivity contribution in [1.29, 1.82) is 5.26 Å². The predicted octanol–water partition coefficient (Wildman–Crippen LogP) is 2.42. The fourth-order valence-electron chi connectivity index (χ4n) is 1.74. The average Bonchev–Trinajstić information content (AvgIpc) is 2.52. The molecule has 2 rings (SSSR count). The Morgan fingerprint density at radius 2 is 2.00 bits per heavy atom. The Hall–Kier alpha value is -3.13. The molecule has 0 saturated carbocycles. The van der Waals surface area contributed by atoms with Gasteiger partial charge in [-0.15, -0.1) is 0 Å². The number of rotatable bonds is 4. The summed E-state index contributed by atoms with van der Waals surface area (Å²) in [5, 5.41) is 20.3. The van der Waals surface area contributed by atoms with E-state index in [2.05, 4.69) is 22.9 Å². The van der Waals surface area contributed by atoms with E-state index >= 15 is 0 Å². The van der Waals surface area contributed by atoms with Crippen molar-refractivity contribution < 1.29 is 9.90 Å². The first-order valence-corrected chi connectivity index (χ1v) is 6.21. The van der Waals surface area contributed by atoms with E-state index in [9.17, 15) is 4.79 Å². The number of hydrogen-bond acceptors (Lipinski definition) is 4. The average molecular weight is 279 g/mol. The van der Waals surface area contributed by atoms with Gasteiger partial charge in [-0.3, -0.25) is 9.78 Å². The van der Waals surface area contributed by atoms with E-state index in [4.69, 9.17) is 10.4 Å². The van der Waals surface area contributed by atoms with Gasteiger partial charge >= 0.3 is 0 Å². The highest BCUT2D eigenvalue weighted by Gasteiger charge is 2.08. The molecule has 0 bridgehead atoms. The third kappa shape index (κ3) is 3.67. The Morgan fingerprint density at radius 1 is 1.29 bits per heavy atom. The van der Waals surface area contributed by atoms with Crippen LogP contribution in [0.3, 0.4) is 0 Å². The highest BCUT2D eigenvalue weighted by Crippen LogP contribution is 2.19. The van der Waals surface area contributed by atoms with Crippen LogP contribution in [0.2, 0.25) is 0 Å². The molecule has 5 heteroatoms. The summed E-state index contributed by atoms with van der Waals surface area (Å²) in [4.78, 5) is 15.9. The van der Waals surface area contributed by atoms with Gasteiger partial charge in [0.25, 0.3) is 5.91 Å². The van der Waals surface area contributed by atoms with Gasteiger partial charge in [0.15, 0.2) is 0 Å². The van der Waals surface area contributed by atoms with Crippen molar-refractivity contribution in [2.45, 2.75) is 0 Å². The van der Waals surface area contributed by atoms with E-state index in [1.165, 1.54) is 6.20 Å². The molecule has 0 radical (unpaired) electrons. The zero-order valence-electron chi connectivity index (χ0n) is 11.2. The van der Waals surface area contributed by atoms with Crippen LogP contribution in [0.25, 0.3) is 11.1 Å². The topological polar surface area (TPSA) is 86.0 Å². The molecule has 1 heterocycles. The minimum absolute atomic E-state index is 0.0123. The van der Waals surface area contributed by atoms with Gasteiger partial charge in [0, 0.05) is 6.20 Å². The van der Waals surface area contributed by atoms with Crippen LogP contribution in [0.5, 0.6) is 0 Å². The molecule has 1 aromatic heterocycles. The second-order valence-electron chi connectivity index (χ2n) is 4.37. The number of carbonyl (C=O) groups is 1. The summed E-state index contributed by atoms with van der Waals surface area (Å²) >= 11 is 0. The smallest absolute Gasteiger partial charge is 0.270 e. The number of benzene rings is 1. The van der Waals surface area contributed by atoms with E-state index < -0.39 is 0 Å². The van der Waals surface area contributed by atoms with Gasteiger partial charge in [-0.05, 0) is 35.4 Å². The third-order valence-electron chi connectivity index (χ3n) is 2.79. The minimum Gasteiger partial charge on any atom is -0.511 e. The van der Waals surface area contributed by atoms with Crippen LogP contribution in [0.1, 0.15) is 16.1 Å². The van der Waals surface area contributed by atoms with Crippen molar-refractivity contribution in [3.05, 3.63) is 66.2 Å². The number of nitrogens with zero attached hydrogens (tertiary/aromatic N) is 2. The van der Waals surface area contributed by atoms with E-state index in [1.54, 1.807) is 24.3 Å². The molecule has 104 valence electrons. The summed E-state index contributed by atoms with van der Waals surface area (Å²) in [6, 6.07) is 12.5. The van der Waals surface area contributed by atoms with Gasteiger partial charge in [0.05, 0.1) is 18.2 Å². The first kappa shape index (κ1) is 14.3. The third-order valence-corrected chi connectivity index (χ3v) is 2.79. The Kier molecular flexibility index (Phi) is 4.32. The number of hydrogen-bond donors (Lipinski definition) is 2. The van der Waals surface area contributed by atoms with E-state index in [-0.39, 0.29) is 23.9 Å². The molecule has 0 aliphatic carbocycles. The molecule has 21 heavy (non-hydrogen) atoms. The van der Waals surface area contributed by atoms with Crippen molar-refractivity contribution in [3.63, 3.8) is 0 Å². The normalized spacial score (nSPS) is 9.67. The lowest BCUT2D eigenvalue weighted by Crippen LogP contribution is -2.26. The Bertz CT molecular complexity index is 715. The zero-order chi connectivity index (χ0) is 15.2. The van der Waals surface area contributed by atoms with Crippen molar-refractivity contribution >= 4 is 5.91 Å². The van der Waals surface area contributed by atoms with Crippen LogP contribution in [0.15, 0.2) is 54.9 Å². The first-order valence-electron chi connectivity index (χ1n) is 6.21. The summed E-state index contributed by atoms with van der Waals surface area (Å²) in [7, 11) is 0. The summed E-state index contributed by atoms with van der Waals surface area (Å²) < 4.78 is 0. The number of nitriles is 1. The number of aliphatic hydroxyl groups excluding tert-OH is 1. The summed E-state index contributed by atoms with van der Waals surface area (Å²) in [5.41, 5.74) is 2.53. The molecule has 0 saturated heterocycles. The monoisotopic (exact) mass is 279 g/mol. The molecule has 2 N–H and O–H groups in total. The molecular weight excluding hydrogens is 266 g/mol. The van der Waals surface area contributed by atoms with Gasteiger partial charge in [0.1, 0.15) is 11.5 Å². The lowest BCUT2D eigenvalue weighted by atomic mass is 10.0. The Morgan fingerprint density at radius 3 is 2.62 bits per heavy atom. The van der Waals surface area contributed by atoms with Crippen LogP contribution in [0, 0.1) is 11.3 Å². The van der Waals surface area contributed by atoms with Crippen molar-refractivity contribution in [2.75, 3.05) is 6.54 Å². The fraction of sp³-hybridized carbons (Fsp3) is 0.0625. The molecule has 1 aromatic carbocycles. The highest BCUT2D eigenvalue weighted by molar-refractivity contribution is 5.93. The summed E-state index contributed by atoms with van der Waals surface area (Å²) in [6.07, 6.45) is 1.54. The van der Waals surface area contributed by atoms with E-state index in [1.807, 2.05) is 12.1 Å². The molecule has 0 fully saturated rings. The minimum atomic E-state index is -0.388. The van der Waals surface area contributed by atoms with Crippen LogP contribution < -0.4 is 5.32 Å². The van der Waals surface area contributed by atoms with Gasteiger partial charge < -0.3 is 10.4 Å². The van der Waals surface area contributed by atoms with E-state index in [0.717, 1.165) is 11.1 Å². The number of pyridine rings is 1. The molecule has 0 aliphatic heterocycles. The fourth-order valence-corrected chi connectivity index (χ4v) is 1.74. The molecule has 0 unspecified atom stereocenters. The molecule has 0 spiro atoms. The number of carbonyl (C=O) groups excluding carboxylic acids is 1. The molecule has 5 nitrogen and oxygen atoms in total. The molecular formula is C16H13N3O2. The van der Waals surface area contributed by atoms with Gasteiger partial charge in [-0.2, -0.15) is 5.26 Å². The Balaban J connectivity index is 2.22. The number of aromatic nitrogens is 1. The van der Waals surface area contributed by atoms with Gasteiger partial charge in [-0.1, -0.05) is 18.7 Å². The Labute approximate surface area is 122 Å². The lowest BCUT2D eigenvalue weighted by Gasteiger charge is -2.06. The predicted molar refractivity (Wildman–Crippen MR) is 78.5 cm³/mol. The van der Waals surface area contributed by atoms with Crippen LogP contribution in [-0.2, 0) is 0 Å². The molecule has 0 atom stereocenters. The largest absolute Gasteiger partial charge is 0.511 e. The van der Waals surface area contributed by atoms with Crippen molar-refractivity contribution in [2.24, 2.45) is 0 Å². The van der Waals surface area contributed by atoms with Crippen LogP contribution in [0.4, 0.5) is 0 Å². The van der Waals surface area contributed by atoms with Crippen LogP contribution >= 0.6 is 0 Å². The van der Waals surface area contributed by atoms with Gasteiger partial charge in [-0.25, -0.2) is 0 Å². The SMILES string of the molecule is C=C(O)CNC(=O)c1cc(-c2ccc(C#N)cc2)ccn1. The van der Waals surface area contributed by atoms with E-state index in [0.29, 0.717) is 5.56 Å². The summed E-state index contributed by atoms with van der Waals surface area (Å²) in [6.45, 7) is 3.28. The second-order valence-corrected chi connectivity index (χ2v) is 4.37. The maximum absolute atomic E-state index is 11.9.